The van der Waals surface area contributed by atoms with Crippen LogP contribution in [0.1, 0.15) is 23.7 Å². The predicted molar refractivity (Wildman–Crippen MR) is 151 cm³/mol. The molecule has 4 heterocycles. The van der Waals surface area contributed by atoms with Crippen molar-refractivity contribution in [2.24, 2.45) is 13.0 Å². The number of likely N-dealkylation sites (tertiary alicyclic amines) is 1. The fourth-order valence-electron chi connectivity index (χ4n) is 4.38. The van der Waals surface area contributed by atoms with E-state index < -0.39 is 0 Å². The molecule has 5 rings (SSSR count). The molecule has 1 fully saturated rings. The lowest BCUT2D eigenvalue weighted by Gasteiger charge is -2.34. The van der Waals surface area contributed by atoms with Gasteiger partial charge in [0.2, 0.25) is 5.88 Å². The summed E-state index contributed by atoms with van der Waals surface area (Å²) in [7, 11) is 3.37. The molecule has 0 unspecified atom stereocenters. The highest BCUT2D eigenvalue weighted by Gasteiger charge is 2.25. The van der Waals surface area contributed by atoms with Crippen molar-refractivity contribution in [2.75, 3.05) is 44.0 Å². The van der Waals surface area contributed by atoms with Crippen LogP contribution in [-0.2, 0) is 7.05 Å². The van der Waals surface area contributed by atoms with E-state index in [1.165, 1.54) is 12.4 Å². The molecule has 0 spiro atoms. The van der Waals surface area contributed by atoms with Crippen LogP contribution < -0.4 is 20.1 Å². The molecule has 1 aliphatic rings. The number of rotatable bonds is 12. The van der Waals surface area contributed by atoms with E-state index in [0.29, 0.717) is 64.6 Å². The number of Topliss-reactive ketones (excluding diaryl/α,β-unsaturated/α-hetero) is 1. The summed E-state index contributed by atoms with van der Waals surface area (Å²) in [5, 5.41) is 19.7. The van der Waals surface area contributed by atoms with Crippen LogP contribution in [-0.4, -0.2) is 73.8 Å². The zero-order chi connectivity index (χ0) is 28.8. The Morgan fingerprint density at radius 2 is 1.93 bits per heavy atom. The topological polar surface area (TPSA) is 156 Å². The molecule has 210 valence electrons. The molecule has 1 saturated heterocycles. The lowest BCUT2D eigenvalue weighted by Crippen LogP contribution is -2.47. The summed E-state index contributed by atoms with van der Waals surface area (Å²) in [5.41, 5.74) is 2.35. The van der Waals surface area contributed by atoms with Crippen molar-refractivity contribution in [1.29, 1.82) is 5.26 Å². The number of ether oxygens (including phenoxy) is 2. The Balaban J connectivity index is 1.31. The number of aromatic nitrogens is 6. The van der Waals surface area contributed by atoms with Gasteiger partial charge >= 0.3 is 0 Å². The number of hydrogen-bond acceptors (Lipinski definition) is 12. The van der Waals surface area contributed by atoms with Crippen LogP contribution in [0.4, 0.5) is 23.0 Å². The first kappa shape index (κ1) is 27.5. The van der Waals surface area contributed by atoms with Gasteiger partial charge in [-0.2, -0.15) is 10.4 Å². The zero-order valence-electron chi connectivity index (χ0n) is 23.0. The minimum Gasteiger partial charge on any atom is -0.494 e. The number of methoxy groups -OCH3 is 1. The number of carbonyl (C=O) groups is 1. The standard InChI is InChI=1S/C28H30N10O3/c1-4-23(39)20-12-30-24(35-25-13-32-26(14-31-25)41-9-8-38-15-18(11-29)16-38)10-22(20)34-21-7-5-6-19(27(21)40-3)28-33-17-37(2)36-28/h5-7,10,12-14,17-18H,4,8-9,15-16H2,1-3H3,(H2,30,31,34,35). The van der Waals surface area contributed by atoms with Gasteiger partial charge in [0, 0.05) is 45.4 Å². The van der Waals surface area contributed by atoms with E-state index in [1.807, 2.05) is 18.2 Å². The minimum atomic E-state index is -0.0595. The molecule has 0 bridgehead atoms. The smallest absolute Gasteiger partial charge is 0.232 e. The second-order valence-corrected chi connectivity index (χ2v) is 9.44. The van der Waals surface area contributed by atoms with Crippen molar-refractivity contribution in [3.63, 3.8) is 0 Å². The van der Waals surface area contributed by atoms with Crippen LogP contribution in [0.25, 0.3) is 11.4 Å². The molecule has 0 radical (unpaired) electrons. The second kappa shape index (κ2) is 12.4. The Bertz CT molecular complexity index is 1560. The number of carbonyl (C=O) groups excluding carboxylic acids is 1. The van der Waals surface area contributed by atoms with Crippen molar-refractivity contribution in [3.05, 3.63) is 54.7 Å². The van der Waals surface area contributed by atoms with Gasteiger partial charge in [0.25, 0.3) is 0 Å². The third-order valence-electron chi connectivity index (χ3n) is 6.54. The Kier molecular flexibility index (Phi) is 8.31. The van der Waals surface area contributed by atoms with E-state index in [2.05, 4.69) is 46.6 Å². The van der Waals surface area contributed by atoms with Gasteiger partial charge in [0.15, 0.2) is 17.4 Å². The zero-order valence-corrected chi connectivity index (χ0v) is 23.0. The van der Waals surface area contributed by atoms with Gasteiger partial charge in [-0.05, 0) is 12.1 Å². The fraction of sp³-hybridized carbons (Fsp3) is 0.321. The number of para-hydroxylation sites is 1. The van der Waals surface area contributed by atoms with Gasteiger partial charge in [0.05, 0.1) is 54.0 Å². The number of nitriles is 1. The van der Waals surface area contributed by atoms with E-state index in [0.717, 1.165) is 19.6 Å². The maximum absolute atomic E-state index is 12.8. The largest absolute Gasteiger partial charge is 0.494 e. The monoisotopic (exact) mass is 554 g/mol. The first-order valence-corrected chi connectivity index (χ1v) is 13.1. The van der Waals surface area contributed by atoms with E-state index in [1.54, 1.807) is 44.4 Å². The highest BCUT2D eigenvalue weighted by molar-refractivity contribution is 6.02. The van der Waals surface area contributed by atoms with Gasteiger partial charge in [0.1, 0.15) is 24.6 Å². The molecular formula is C28H30N10O3. The third-order valence-corrected chi connectivity index (χ3v) is 6.54. The highest BCUT2D eigenvalue weighted by atomic mass is 16.5. The summed E-state index contributed by atoms with van der Waals surface area (Å²) in [6.45, 7) is 4.55. The number of pyridine rings is 1. The summed E-state index contributed by atoms with van der Waals surface area (Å²) in [6.07, 6.45) is 6.56. The normalized spacial score (nSPS) is 13.2. The molecule has 0 aliphatic carbocycles. The van der Waals surface area contributed by atoms with E-state index >= 15 is 0 Å². The molecule has 1 aromatic carbocycles. The van der Waals surface area contributed by atoms with E-state index in [4.69, 9.17) is 14.7 Å². The summed E-state index contributed by atoms with van der Waals surface area (Å²) in [4.78, 5) is 32.4. The lowest BCUT2D eigenvalue weighted by molar-refractivity contribution is 0.0988. The fourth-order valence-corrected chi connectivity index (χ4v) is 4.38. The molecule has 13 heteroatoms. The van der Waals surface area contributed by atoms with Crippen molar-refractivity contribution in [3.8, 4) is 29.1 Å². The maximum atomic E-state index is 12.8. The molecule has 4 aromatic rings. The molecule has 2 N–H and O–H groups in total. The second-order valence-electron chi connectivity index (χ2n) is 9.44. The van der Waals surface area contributed by atoms with Gasteiger partial charge in [-0.1, -0.05) is 13.0 Å². The molecule has 1 aliphatic heterocycles. The minimum absolute atomic E-state index is 0.0595. The summed E-state index contributed by atoms with van der Waals surface area (Å²) < 4.78 is 13.0. The lowest BCUT2D eigenvalue weighted by atomic mass is 10.0. The molecule has 0 amide bonds. The van der Waals surface area contributed by atoms with Crippen LogP contribution in [0.3, 0.4) is 0 Å². The van der Waals surface area contributed by atoms with Crippen LogP contribution in [0.15, 0.2) is 49.2 Å². The van der Waals surface area contributed by atoms with Crippen molar-refractivity contribution < 1.29 is 14.3 Å². The molecule has 0 atom stereocenters. The Labute approximate surface area is 237 Å². The average molecular weight is 555 g/mol. The third kappa shape index (κ3) is 6.39. The van der Waals surface area contributed by atoms with Crippen LogP contribution in [0.5, 0.6) is 11.6 Å². The van der Waals surface area contributed by atoms with Crippen molar-refractivity contribution in [1.82, 2.24) is 34.6 Å². The highest BCUT2D eigenvalue weighted by Crippen LogP contribution is 2.37. The van der Waals surface area contributed by atoms with Crippen LogP contribution in [0, 0.1) is 17.2 Å². The summed E-state index contributed by atoms with van der Waals surface area (Å²) in [6, 6.07) is 9.59. The van der Waals surface area contributed by atoms with Crippen molar-refractivity contribution in [2.45, 2.75) is 13.3 Å². The summed E-state index contributed by atoms with van der Waals surface area (Å²) in [5.74, 6) is 2.46. The Morgan fingerprint density at radius 1 is 1.10 bits per heavy atom. The van der Waals surface area contributed by atoms with Gasteiger partial charge in [-0.3, -0.25) is 14.4 Å². The van der Waals surface area contributed by atoms with Gasteiger partial charge < -0.3 is 20.1 Å². The van der Waals surface area contributed by atoms with Gasteiger partial charge in [-0.25, -0.2) is 19.9 Å². The number of ketones is 1. The molecule has 13 nitrogen and oxygen atoms in total. The molecule has 41 heavy (non-hydrogen) atoms. The van der Waals surface area contributed by atoms with Crippen molar-refractivity contribution >= 4 is 28.8 Å². The summed E-state index contributed by atoms with van der Waals surface area (Å²) >= 11 is 0. The Morgan fingerprint density at radius 3 is 2.61 bits per heavy atom. The van der Waals surface area contributed by atoms with Gasteiger partial charge in [-0.15, -0.1) is 0 Å². The number of anilines is 4. The van der Waals surface area contributed by atoms with Crippen LogP contribution >= 0.6 is 0 Å². The molecule has 0 saturated carbocycles. The molecular weight excluding hydrogens is 524 g/mol. The SMILES string of the molecule is CCC(=O)c1cnc(Nc2cnc(OCCN3CC(C#N)C3)cn2)cc1Nc1cccc(-c2ncn(C)n2)c1OC. The number of aryl methyl sites for hydroxylation is 1. The van der Waals surface area contributed by atoms with E-state index in [9.17, 15) is 4.79 Å². The first-order chi connectivity index (χ1) is 20.0. The number of hydrogen-bond donors (Lipinski definition) is 2. The maximum Gasteiger partial charge on any atom is 0.232 e. The predicted octanol–water partition coefficient (Wildman–Crippen LogP) is 3.59. The quantitative estimate of drug-likeness (QED) is 0.246. The number of nitrogens with zero attached hydrogens (tertiary/aromatic N) is 8. The number of nitrogens with one attached hydrogen (secondary N) is 2. The average Bonchev–Trinajstić information content (AvgIpc) is 3.40. The van der Waals surface area contributed by atoms with E-state index in [-0.39, 0.29) is 11.7 Å². The molecule has 3 aromatic heterocycles. The number of benzene rings is 1. The Hall–Kier alpha value is -5.09. The first-order valence-electron chi connectivity index (χ1n) is 13.1. The van der Waals surface area contributed by atoms with Crippen LogP contribution in [0.2, 0.25) is 0 Å².